The zero-order valence-electron chi connectivity index (χ0n) is 7.51. The Kier molecular flexibility index (Phi) is 3.05. The van der Waals surface area contributed by atoms with Gasteiger partial charge in [0.1, 0.15) is 0 Å². The first-order valence-corrected chi connectivity index (χ1v) is 4.20. The van der Waals surface area contributed by atoms with E-state index in [1.807, 2.05) is 0 Å². The molecule has 0 aliphatic heterocycles. The molecular weight excluding hydrogens is 192 g/mol. The molecule has 0 spiro atoms. The van der Waals surface area contributed by atoms with Crippen molar-refractivity contribution in [2.45, 2.75) is 12.9 Å². The van der Waals surface area contributed by atoms with Crippen LogP contribution in [0.3, 0.4) is 0 Å². The second kappa shape index (κ2) is 3.92. The molecule has 0 aromatic heterocycles. The number of rotatable bonds is 3. The fourth-order valence-corrected chi connectivity index (χ4v) is 1.29. The van der Waals surface area contributed by atoms with Crippen LogP contribution < -0.4 is 11.5 Å². The summed E-state index contributed by atoms with van der Waals surface area (Å²) in [4.78, 5) is 0. The zero-order valence-corrected chi connectivity index (χ0v) is 7.51. The van der Waals surface area contributed by atoms with Crippen LogP contribution in [0.2, 0.25) is 0 Å². The van der Waals surface area contributed by atoms with Gasteiger partial charge in [-0.15, -0.1) is 0 Å². The first-order valence-electron chi connectivity index (χ1n) is 4.20. The minimum Gasteiger partial charge on any atom is -0.449 e. The zero-order chi connectivity index (χ0) is 10.8. The quantitative estimate of drug-likeness (QED) is 0.579. The third kappa shape index (κ3) is 3.29. The molecular formula is C8H11BF3N2-. The molecule has 1 aromatic carbocycles. The van der Waals surface area contributed by atoms with Gasteiger partial charge in [-0.3, -0.25) is 0 Å². The van der Waals surface area contributed by atoms with Crippen LogP contribution in [0.5, 0.6) is 0 Å². The number of halogens is 3. The van der Waals surface area contributed by atoms with E-state index in [1.54, 1.807) is 6.07 Å². The van der Waals surface area contributed by atoms with E-state index in [4.69, 9.17) is 11.5 Å². The molecule has 0 saturated heterocycles. The van der Waals surface area contributed by atoms with Crippen LogP contribution in [0, 0.1) is 0 Å². The van der Waals surface area contributed by atoms with Gasteiger partial charge in [-0.2, -0.15) is 0 Å². The summed E-state index contributed by atoms with van der Waals surface area (Å²) in [5.74, 6) is 0. The Morgan fingerprint density at radius 3 is 2.14 bits per heavy atom. The Labute approximate surface area is 80.1 Å². The maximum Gasteiger partial charge on any atom is 0.482 e. The first-order chi connectivity index (χ1) is 6.40. The average Bonchev–Trinajstić information content (AvgIpc) is 1.99. The van der Waals surface area contributed by atoms with E-state index in [0.717, 1.165) is 0 Å². The molecule has 0 saturated carbocycles. The molecule has 0 amide bonds. The van der Waals surface area contributed by atoms with Crippen molar-refractivity contribution < 1.29 is 12.9 Å². The molecule has 0 aliphatic rings. The van der Waals surface area contributed by atoms with Gasteiger partial charge in [0.2, 0.25) is 0 Å². The molecule has 1 rings (SSSR count). The van der Waals surface area contributed by atoms with Crippen molar-refractivity contribution in [3.8, 4) is 0 Å². The molecule has 6 heteroatoms. The first kappa shape index (κ1) is 10.9. The summed E-state index contributed by atoms with van der Waals surface area (Å²) in [6.07, 6.45) is -0.905. The number of anilines is 1. The Bertz CT molecular complexity index is 325. The van der Waals surface area contributed by atoms with Crippen molar-refractivity contribution in [3.63, 3.8) is 0 Å². The van der Waals surface area contributed by atoms with Crippen LogP contribution in [-0.2, 0) is 12.9 Å². The lowest BCUT2D eigenvalue weighted by Gasteiger charge is -2.14. The predicted molar refractivity (Wildman–Crippen MR) is 51.5 cm³/mol. The summed E-state index contributed by atoms with van der Waals surface area (Å²) < 4.78 is 36.3. The fourth-order valence-electron chi connectivity index (χ4n) is 1.29. The van der Waals surface area contributed by atoms with E-state index >= 15 is 0 Å². The molecule has 0 atom stereocenters. The van der Waals surface area contributed by atoms with Gasteiger partial charge in [-0.05, 0) is 17.7 Å². The maximum atomic E-state index is 12.1. The van der Waals surface area contributed by atoms with E-state index < -0.39 is 13.3 Å². The summed E-state index contributed by atoms with van der Waals surface area (Å²) in [6.45, 7) is -4.62. The molecule has 0 radical (unpaired) electrons. The largest absolute Gasteiger partial charge is 0.482 e. The van der Waals surface area contributed by atoms with Gasteiger partial charge in [0.25, 0.3) is 0 Å². The summed E-state index contributed by atoms with van der Waals surface area (Å²) in [6, 6.07) is 4.34. The second-order valence-corrected chi connectivity index (χ2v) is 3.20. The molecule has 0 unspecified atom stereocenters. The SMILES string of the molecule is NCc1cc(N)cc(C[B-](F)(F)F)c1. The highest BCUT2D eigenvalue weighted by Gasteiger charge is 2.23. The van der Waals surface area contributed by atoms with Gasteiger partial charge < -0.3 is 24.4 Å². The molecule has 0 bridgehead atoms. The summed E-state index contributed by atoms with van der Waals surface area (Å²) in [7, 11) is 0. The Morgan fingerprint density at radius 1 is 1.07 bits per heavy atom. The van der Waals surface area contributed by atoms with Crippen LogP contribution in [-0.4, -0.2) is 6.98 Å². The second-order valence-electron chi connectivity index (χ2n) is 3.20. The Balaban J connectivity index is 2.92. The van der Waals surface area contributed by atoms with Crippen molar-refractivity contribution >= 4 is 12.7 Å². The molecule has 4 N–H and O–H groups in total. The van der Waals surface area contributed by atoms with E-state index in [2.05, 4.69) is 0 Å². The lowest BCUT2D eigenvalue weighted by Crippen LogP contribution is -2.19. The minimum atomic E-state index is -4.81. The van der Waals surface area contributed by atoms with Crippen LogP contribution >= 0.6 is 0 Å². The monoisotopic (exact) mass is 203 g/mol. The van der Waals surface area contributed by atoms with E-state index in [-0.39, 0.29) is 12.1 Å². The van der Waals surface area contributed by atoms with E-state index in [9.17, 15) is 12.9 Å². The van der Waals surface area contributed by atoms with E-state index in [0.29, 0.717) is 11.3 Å². The Hall–Kier alpha value is -1.17. The van der Waals surface area contributed by atoms with Gasteiger partial charge in [0.15, 0.2) is 0 Å². The highest BCUT2D eigenvalue weighted by Crippen LogP contribution is 2.19. The molecule has 78 valence electrons. The number of nitrogens with two attached hydrogens (primary N) is 2. The predicted octanol–water partition coefficient (Wildman–Crippen LogP) is 1.66. The maximum absolute atomic E-state index is 12.1. The van der Waals surface area contributed by atoms with Gasteiger partial charge >= 0.3 is 6.98 Å². The Morgan fingerprint density at radius 2 is 1.64 bits per heavy atom. The summed E-state index contributed by atoms with van der Waals surface area (Å²) >= 11 is 0. The number of nitrogen functional groups attached to an aromatic ring is 1. The molecule has 0 aliphatic carbocycles. The van der Waals surface area contributed by atoms with Crippen LogP contribution in [0.25, 0.3) is 0 Å². The van der Waals surface area contributed by atoms with Gasteiger partial charge in [0.05, 0.1) is 0 Å². The number of hydrogen-bond donors (Lipinski definition) is 2. The third-order valence-corrected chi connectivity index (χ3v) is 1.78. The van der Waals surface area contributed by atoms with Crippen molar-refractivity contribution in [2.75, 3.05) is 5.73 Å². The number of benzene rings is 1. The van der Waals surface area contributed by atoms with Crippen molar-refractivity contribution in [1.82, 2.24) is 0 Å². The smallest absolute Gasteiger partial charge is 0.449 e. The summed E-state index contributed by atoms with van der Waals surface area (Å²) in [5, 5.41) is 0. The molecule has 2 nitrogen and oxygen atoms in total. The van der Waals surface area contributed by atoms with Crippen molar-refractivity contribution in [2.24, 2.45) is 5.73 Å². The van der Waals surface area contributed by atoms with Crippen LogP contribution in [0.4, 0.5) is 18.6 Å². The lowest BCUT2D eigenvalue weighted by atomic mass is 9.81. The molecule has 0 heterocycles. The summed E-state index contributed by atoms with van der Waals surface area (Å²) in [5.41, 5.74) is 11.9. The lowest BCUT2D eigenvalue weighted by molar-refractivity contribution is 0.468. The van der Waals surface area contributed by atoms with Crippen LogP contribution in [0.15, 0.2) is 18.2 Å². The van der Waals surface area contributed by atoms with E-state index in [1.165, 1.54) is 12.1 Å². The highest BCUT2D eigenvalue weighted by molar-refractivity contribution is 6.57. The van der Waals surface area contributed by atoms with Gasteiger partial charge in [0, 0.05) is 12.2 Å². The number of hydrogen-bond acceptors (Lipinski definition) is 2. The fraction of sp³-hybridized carbons (Fsp3) is 0.250. The van der Waals surface area contributed by atoms with Crippen molar-refractivity contribution in [3.05, 3.63) is 29.3 Å². The molecule has 1 aromatic rings. The van der Waals surface area contributed by atoms with Gasteiger partial charge in [-0.25, -0.2) is 0 Å². The van der Waals surface area contributed by atoms with Crippen LogP contribution in [0.1, 0.15) is 11.1 Å². The topological polar surface area (TPSA) is 52.0 Å². The van der Waals surface area contributed by atoms with Crippen molar-refractivity contribution in [1.29, 1.82) is 0 Å². The average molecular weight is 203 g/mol. The molecule has 14 heavy (non-hydrogen) atoms. The minimum absolute atomic E-state index is 0.179. The third-order valence-electron chi connectivity index (χ3n) is 1.78. The molecule has 0 fully saturated rings. The standard InChI is InChI=1S/C8H11BF3N2/c10-9(11,12)4-6-1-7(5-13)3-8(14)2-6/h1-3H,4-5,13-14H2/q-1. The van der Waals surface area contributed by atoms with Gasteiger partial charge in [-0.1, -0.05) is 17.9 Å². The normalized spacial score (nSPS) is 11.7. The highest BCUT2D eigenvalue weighted by atomic mass is 19.4.